The average Bonchev–Trinajstić information content (AvgIpc) is 3.45. The number of nitrogen functional groups attached to an aromatic ring is 1. The summed E-state index contributed by atoms with van der Waals surface area (Å²) in [7, 11) is -2.47. The molecule has 0 unspecified atom stereocenters. The summed E-state index contributed by atoms with van der Waals surface area (Å²) in [6.45, 7) is 11.9. The molecule has 3 atom stereocenters. The number of para-hydroxylation sites is 2. The third-order valence-corrected chi connectivity index (χ3v) is 16.7. The average molecular weight is 792 g/mol. The van der Waals surface area contributed by atoms with Gasteiger partial charge in [-0.2, -0.15) is 0 Å². The Morgan fingerprint density at radius 1 is 0.909 bits per heavy atom. The van der Waals surface area contributed by atoms with Gasteiger partial charge in [0.05, 0.1) is 41.7 Å². The summed E-state index contributed by atoms with van der Waals surface area (Å²) in [4.78, 5) is 71.2. The number of benzene rings is 3. The molecule has 0 aliphatic carbocycles. The number of nitrogens with zero attached hydrogens (tertiary/aromatic N) is 2. The molecule has 1 saturated heterocycles. The Kier molecular flexibility index (Phi) is 13.4. The van der Waals surface area contributed by atoms with E-state index in [2.05, 4.69) is 52.2 Å². The molecule has 4 N–H and O–H groups in total. The Labute approximate surface area is 327 Å². The van der Waals surface area contributed by atoms with Crippen LogP contribution in [0, 0.1) is 0 Å². The van der Waals surface area contributed by atoms with E-state index in [0.717, 1.165) is 5.56 Å². The van der Waals surface area contributed by atoms with Crippen LogP contribution in [0.1, 0.15) is 63.9 Å². The van der Waals surface area contributed by atoms with Crippen LogP contribution in [0.4, 0.5) is 17.1 Å². The summed E-state index contributed by atoms with van der Waals surface area (Å²) in [5.74, 6) is -2.83. The maximum absolute atomic E-state index is 14.5. The number of halogens is 1. The SMILES string of the molecule is CC(C)[Si](OCC(=O)N1C[C@H](NC(=O)c2ccc(N)c(Cl)c2)C(=O)N(CC(=O)N[C@H]2CC(=O)O[C@H]2OCc2ccccc2)c2ccccc21)(C(C)C)C(C)C. The number of hydrogen-bond donors (Lipinski definition) is 3. The van der Waals surface area contributed by atoms with Crippen molar-refractivity contribution in [3.05, 3.63) is 88.9 Å². The first kappa shape index (κ1) is 41.4. The van der Waals surface area contributed by atoms with Crippen molar-refractivity contribution in [1.82, 2.24) is 10.6 Å². The molecule has 0 spiro atoms. The molecule has 2 aliphatic rings. The number of rotatable bonds is 14. The number of cyclic esters (lactones) is 1. The summed E-state index contributed by atoms with van der Waals surface area (Å²) < 4.78 is 17.9. The van der Waals surface area contributed by atoms with Gasteiger partial charge in [-0.15, -0.1) is 0 Å². The van der Waals surface area contributed by atoms with Crippen LogP contribution >= 0.6 is 11.6 Å². The second-order valence-electron chi connectivity index (χ2n) is 14.8. The van der Waals surface area contributed by atoms with Gasteiger partial charge in [-0.25, -0.2) is 0 Å². The van der Waals surface area contributed by atoms with Crippen LogP contribution in [0.15, 0.2) is 72.8 Å². The molecule has 2 aliphatic heterocycles. The molecule has 3 aromatic rings. The minimum absolute atomic E-state index is 0.130. The van der Waals surface area contributed by atoms with Gasteiger partial charge in [0.1, 0.15) is 25.2 Å². The van der Waals surface area contributed by atoms with Crippen molar-refractivity contribution in [2.24, 2.45) is 0 Å². The number of ether oxygens (including phenoxy) is 2. The highest BCUT2D eigenvalue weighted by Crippen LogP contribution is 2.42. The molecule has 0 radical (unpaired) electrons. The Balaban J connectivity index is 1.44. The number of carbonyl (C=O) groups is 5. The van der Waals surface area contributed by atoms with E-state index in [1.165, 1.54) is 28.0 Å². The van der Waals surface area contributed by atoms with Crippen molar-refractivity contribution >= 4 is 66.6 Å². The van der Waals surface area contributed by atoms with E-state index < -0.39 is 62.8 Å². The number of anilines is 3. The van der Waals surface area contributed by atoms with Gasteiger partial charge in [0.25, 0.3) is 17.7 Å². The van der Waals surface area contributed by atoms with Crippen molar-refractivity contribution in [3.8, 4) is 0 Å². The molecular weight excluding hydrogens is 742 g/mol. The van der Waals surface area contributed by atoms with Crippen LogP contribution in [0.3, 0.4) is 0 Å². The van der Waals surface area contributed by atoms with E-state index in [0.29, 0.717) is 5.69 Å². The lowest BCUT2D eigenvalue weighted by atomic mass is 10.1. The van der Waals surface area contributed by atoms with Crippen molar-refractivity contribution in [2.45, 2.75) is 89.6 Å². The Morgan fingerprint density at radius 3 is 2.18 bits per heavy atom. The third kappa shape index (κ3) is 9.38. The van der Waals surface area contributed by atoms with Crippen LogP contribution in [0.2, 0.25) is 21.6 Å². The zero-order valence-electron chi connectivity index (χ0n) is 32.0. The second kappa shape index (κ2) is 17.8. The van der Waals surface area contributed by atoms with Gasteiger partial charge in [0, 0.05) is 5.56 Å². The van der Waals surface area contributed by atoms with Gasteiger partial charge in [-0.1, -0.05) is 95.6 Å². The third-order valence-electron chi connectivity index (χ3n) is 10.3. The number of fused-ring (bicyclic) bond motifs is 1. The van der Waals surface area contributed by atoms with Gasteiger partial charge in [0.15, 0.2) is 0 Å². The first-order chi connectivity index (χ1) is 26.1. The normalized spacial score (nSPS) is 18.7. The maximum atomic E-state index is 14.5. The summed E-state index contributed by atoms with van der Waals surface area (Å²) in [6, 6.07) is 18.3. The highest BCUT2D eigenvalue weighted by Gasteiger charge is 2.46. The zero-order chi connectivity index (χ0) is 40.0. The van der Waals surface area contributed by atoms with E-state index in [9.17, 15) is 24.0 Å². The fourth-order valence-corrected chi connectivity index (χ4v) is 13.3. The van der Waals surface area contributed by atoms with Gasteiger partial charge in [-0.05, 0) is 52.5 Å². The molecule has 0 saturated carbocycles. The molecular formula is C40H50ClN5O8Si. The molecule has 15 heteroatoms. The minimum atomic E-state index is -2.47. The largest absolute Gasteiger partial charge is 0.433 e. The summed E-state index contributed by atoms with van der Waals surface area (Å²) in [5.41, 5.74) is 8.43. The molecule has 55 heavy (non-hydrogen) atoms. The maximum Gasteiger partial charge on any atom is 0.310 e. The molecule has 5 rings (SSSR count). The predicted molar refractivity (Wildman–Crippen MR) is 213 cm³/mol. The number of nitrogens with two attached hydrogens (primary N) is 1. The van der Waals surface area contributed by atoms with Gasteiger partial charge in [0.2, 0.25) is 20.5 Å². The van der Waals surface area contributed by atoms with Gasteiger partial charge >= 0.3 is 5.97 Å². The van der Waals surface area contributed by atoms with Crippen molar-refractivity contribution < 1.29 is 37.9 Å². The highest BCUT2D eigenvalue weighted by atomic mass is 35.5. The summed E-state index contributed by atoms with van der Waals surface area (Å²) in [5, 5.41) is 5.72. The van der Waals surface area contributed by atoms with E-state index >= 15 is 0 Å². The summed E-state index contributed by atoms with van der Waals surface area (Å²) >= 11 is 6.21. The fraction of sp³-hybridized carbons (Fsp3) is 0.425. The van der Waals surface area contributed by atoms with Crippen LogP contribution < -0.4 is 26.2 Å². The Morgan fingerprint density at radius 2 is 1.55 bits per heavy atom. The van der Waals surface area contributed by atoms with Crippen LogP contribution in [0.5, 0.6) is 0 Å². The topological polar surface area (TPSA) is 170 Å². The number of hydrogen-bond acceptors (Lipinski definition) is 9. The fourth-order valence-electron chi connectivity index (χ4n) is 7.72. The number of nitrogens with one attached hydrogen (secondary N) is 2. The van der Waals surface area contributed by atoms with Gasteiger partial charge in [-0.3, -0.25) is 28.9 Å². The Bertz CT molecular complexity index is 1870. The Hall–Kier alpha value is -4.76. The minimum Gasteiger partial charge on any atom is -0.433 e. The van der Waals surface area contributed by atoms with E-state index in [-0.39, 0.29) is 64.8 Å². The second-order valence-corrected chi connectivity index (χ2v) is 20.7. The first-order valence-corrected chi connectivity index (χ1v) is 21.0. The molecule has 2 heterocycles. The lowest BCUT2D eigenvalue weighted by molar-refractivity contribution is -0.168. The number of carbonyl (C=O) groups excluding carboxylic acids is 5. The van der Waals surface area contributed by atoms with Crippen molar-refractivity contribution in [1.29, 1.82) is 0 Å². The molecule has 13 nitrogen and oxygen atoms in total. The first-order valence-electron chi connectivity index (χ1n) is 18.5. The lowest BCUT2D eigenvalue weighted by Gasteiger charge is -2.42. The van der Waals surface area contributed by atoms with Crippen LogP contribution in [-0.4, -0.2) is 76.0 Å². The quantitative estimate of drug-likeness (QED) is 0.107. The van der Waals surface area contributed by atoms with Crippen LogP contribution in [-0.2, 0) is 39.7 Å². The zero-order valence-corrected chi connectivity index (χ0v) is 33.8. The highest BCUT2D eigenvalue weighted by molar-refractivity contribution is 6.77. The smallest absolute Gasteiger partial charge is 0.310 e. The lowest BCUT2D eigenvalue weighted by Crippen LogP contribution is -2.55. The molecule has 3 aromatic carbocycles. The molecule has 0 aromatic heterocycles. The monoisotopic (exact) mass is 791 g/mol. The molecule has 294 valence electrons. The molecule has 4 amide bonds. The standard InChI is InChI=1S/C40H50ClN5O8Si/c1-24(2)55(25(3)4,26(5)6)53-23-36(48)45-20-32(44-38(50)28-16-17-30(42)29(41)18-28)39(51)46(34-15-11-10-14-33(34)45)21-35(47)43-31-19-37(49)54-40(31)52-22-27-12-8-7-9-13-27/h7-18,24-26,31-32,40H,19-23,42H2,1-6H3,(H,43,47)(H,44,50)/t31-,32-,40+/m0/s1. The van der Waals surface area contributed by atoms with E-state index in [1.54, 1.807) is 24.3 Å². The van der Waals surface area contributed by atoms with E-state index in [4.69, 9.17) is 31.2 Å². The van der Waals surface area contributed by atoms with Crippen molar-refractivity contribution in [3.63, 3.8) is 0 Å². The van der Waals surface area contributed by atoms with Crippen molar-refractivity contribution in [2.75, 3.05) is 35.2 Å². The molecule has 1 fully saturated rings. The number of amides is 4. The summed E-state index contributed by atoms with van der Waals surface area (Å²) in [6.07, 6.45) is -1.18. The number of esters is 1. The van der Waals surface area contributed by atoms with Gasteiger partial charge < -0.3 is 35.2 Å². The van der Waals surface area contributed by atoms with E-state index in [1.807, 2.05) is 30.3 Å². The molecule has 0 bridgehead atoms. The predicted octanol–water partition coefficient (Wildman–Crippen LogP) is 5.57. The van der Waals surface area contributed by atoms with Crippen LogP contribution in [0.25, 0.3) is 0 Å².